The number of hydrogen-bond acceptors (Lipinski definition) is 2. The maximum Gasteiger partial charge on any atom is 0.304 e. The Morgan fingerprint density at radius 1 is 1.33 bits per heavy atom. The van der Waals surface area contributed by atoms with Crippen LogP contribution in [0.3, 0.4) is 0 Å². The first-order valence-electron chi connectivity index (χ1n) is 5.96. The first-order valence-corrected chi connectivity index (χ1v) is 5.96. The Bertz CT molecular complexity index is 182. The van der Waals surface area contributed by atoms with E-state index in [2.05, 4.69) is 20.8 Å². The van der Waals surface area contributed by atoms with Crippen LogP contribution in [0.2, 0.25) is 0 Å². The van der Waals surface area contributed by atoms with Crippen LogP contribution in [-0.4, -0.2) is 17.1 Å². The van der Waals surface area contributed by atoms with Gasteiger partial charge in [-0.15, -0.1) is 0 Å². The van der Waals surface area contributed by atoms with Gasteiger partial charge in [-0.1, -0.05) is 46.5 Å². The van der Waals surface area contributed by atoms with Crippen molar-refractivity contribution in [3.63, 3.8) is 0 Å². The molecule has 3 N–H and O–H groups in total. The lowest BCUT2D eigenvalue weighted by molar-refractivity contribution is -0.137. The minimum atomic E-state index is -0.796. The third kappa shape index (κ3) is 6.50. The highest BCUT2D eigenvalue weighted by molar-refractivity contribution is 5.67. The molecule has 0 fully saturated rings. The highest BCUT2D eigenvalue weighted by Gasteiger charge is 2.21. The number of nitrogens with two attached hydrogens (primary N) is 1. The van der Waals surface area contributed by atoms with Crippen LogP contribution in [0.15, 0.2) is 0 Å². The molecule has 3 atom stereocenters. The third-order valence-electron chi connectivity index (χ3n) is 3.25. The molecule has 0 aromatic carbocycles. The second-order valence-electron chi connectivity index (χ2n) is 4.59. The average Bonchev–Trinajstić information content (AvgIpc) is 2.15. The molecule has 0 heterocycles. The summed E-state index contributed by atoms with van der Waals surface area (Å²) in [4.78, 5) is 10.5. The van der Waals surface area contributed by atoms with Crippen LogP contribution in [-0.2, 0) is 4.79 Å². The lowest BCUT2D eigenvalue weighted by Gasteiger charge is -2.24. The Hall–Kier alpha value is -0.570. The zero-order valence-corrected chi connectivity index (χ0v) is 10.2. The van der Waals surface area contributed by atoms with Crippen molar-refractivity contribution < 1.29 is 9.90 Å². The molecule has 3 heteroatoms. The van der Waals surface area contributed by atoms with Gasteiger partial charge >= 0.3 is 5.97 Å². The summed E-state index contributed by atoms with van der Waals surface area (Å²) in [6.45, 7) is 6.41. The second-order valence-corrected chi connectivity index (χ2v) is 4.59. The molecular formula is C12H25NO2. The quantitative estimate of drug-likeness (QED) is 0.612. The van der Waals surface area contributed by atoms with Crippen LogP contribution in [0.1, 0.15) is 52.9 Å². The molecule has 0 aliphatic rings. The predicted molar refractivity (Wildman–Crippen MR) is 62.7 cm³/mol. The molecule has 0 radical (unpaired) electrons. The molecule has 0 saturated carbocycles. The van der Waals surface area contributed by atoms with Gasteiger partial charge in [0.05, 0.1) is 6.42 Å². The molecule has 0 saturated heterocycles. The van der Waals surface area contributed by atoms with Gasteiger partial charge in [-0.25, -0.2) is 0 Å². The van der Waals surface area contributed by atoms with Gasteiger partial charge in [-0.3, -0.25) is 4.79 Å². The number of carbonyl (C=O) groups is 1. The van der Waals surface area contributed by atoms with Crippen LogP contribution in [0, 0.1) is 11.8 Å². The zero-order chi connectivity index (χ0) is 11.8. The molecule has 0 aliphatic carbocycles. The van der Waals surface area contributed by atoms with E-state index in [1.165, 1.54) is 19.3 Å². The van der Waals surface area contributed by atoms with Crippen molar-refractivity contribution in [1.29, 1.82) is 0 Å². The zero-order valence-electron chi connectivity index (χ0n) is 10.2. The van der Waals surface area contributed by atoms with E-state index in [4.69, 9.17) is 10.8 Å². The van der Waals surface area contributed by atoms with Crippen LogP contribution in [0.25, 0.3) is 0 Å². The number of carboxylic acid groups (broad SMARTS) is 1. The molecule has 0 spiro atoms. The highest BCUT2D eigenvalue weighted by Crippen LogP contribution is 2.21. The van der Waals surface area contributed by atoms with Gasteiger partial charge in [-0.2, -0.15) is 0 Å². The van der Waals surface area contributed by atoms with Gasteiger partial charge in [0.2, 0.25) is 0 Å². The van der Waals surface area contributed by atoms with Crippen molar-refractivity contribution in [3.8, 4) is 0 Å². The van der Waals surface area contributed by atoms with Crippen LogP contribution < -0.4 is 5.73 Å². The lowest BCUT2D eigenvalue weighted by Crippen LogP contribution is -2.34. The number of unbranched alkanes of at least 4 members (excludes halogenated alkanes) is 2. The van der Waals surface area contributed by atoms with Gasteiger partial charge in [0.1, 0.15) is 0 Å². The van der Waals surface area contributed by atoms with Crippen molar-refractivity contribution >= 4 is 5.97 Å². The molecule has 0 amide bonds. The lowest BCUT2D eigenvalue weighted by atomic mass is 9.84. The van der Waals surface area contributed by atoms with E-state index in [1.54, 1.807) is 0 Å². The van der Waals surface area contributed by atoms with E-state index in [1.807, 2.05) is 0 Å². The van der Waals surface area contributed by atoms with Gasteiger partial charge in [-0.05, 0) is 11.8 Å². The SMILES string of the molecule is CCCCC[C@H](C)[C@@H](C)[C@H](N)CC(=O)O. The molecular weight excluding hydrogens is 190 g/mol. The molecule has 0 unspecified atom stereocenters. The third-order valence-corrected chi connectivity index (χ3v) is 3.25. The normalized spacial score (nSPS) is 17.1. The van der Waals surface area contributed by atoms with E-state index in [0.717, 1.165) is 6.42 Å². The molecule has 90 valence electrons. The Morgan fingerprint density at radius 3 is 2.40 bits per heavy atom. The number of carboxylic acids is 1. The van der Waals surface area contributed by atoms with Gasteiger partial charge < -0.3 is 10.8 Å². The van der Waals surface area contributed by atoms with Crippen molar-refractivity contribution in [3.05, 3.63) is 0 Å². The largest absolute Gasteiger partial charge is 0.481 e. The molecule has 0 aromatic heterocycles. The van der Waals surface area contributed by atoms with E-state index in [-0.39, 0.29) is 18.4 Å². The van der Waals surface area contributed by atoms with Crippen LogP contribution in [0.4, 0.5) is 0 Å². The summed E-state index contributed by atoms with van der Waals surface area (Å²) in [5.41, 5.74) is 5.84. The minimum Gasteiger partial charge on any atom is -0.481 e. The molecule has 0 bridgehead atoms. The summed E-state index contributed by atoms with van der Waals surface area (Å²) < 4.78 is 0. The van der Waals surface area contributed by atoms with Crippen molar-refractivity contribution in [2.45, 2.75) is 58.9 Å². The summed E-state index contributed by atoms with van der Waals surface area (Å²) in [6.07, 6.45) is 4.94. The maximum absolute atomic E-state index is 10.5. The summed E-state index contributed by atoms with van der Waals surface area (Å²) >= 11 is 0. The first kappa shape index (κ1) is 14.4. The second kappa shape index (κ2) is 7.69. The van der Waals surface area contributed by atoms with E-state index in [0.29, 0.717) is 5.92 Å². The molecule has 0 rings (SSSR count). The molecule has 15 heavy (non-hydrogen) atoms. The number of hydrogen-bond donors (Lipinski definition) is 2. The van der Waals surface area contributed by atoms with Crippen LogP contribution in [0.5, 0.6) is 0 Å². The molecule has 3 nitrogen and oxygen atoms in total. The average molecular weight is 215 g/mol. The fourth-order valence-electron chi connectivity index (χ4n) is 1.79. The monoisotopic (exact) mass is 215 g/mol. The molecule has 0 aromatic rings. The van der Waals surface area contributed by atoms with Crippen molar-refractivity contribution in [2.75, 3.05) is 0 Å². The van der Waals surface area contributed by atoms with Gasteiger partial charge in [0.15, 0.2) is 0 Å². The van der Waals surface area contributed by atoms with Crippen molar-refractivity contribution in [1.82, 2.24) is 0 Å². The summed E-state index contributed by atoms with van der Waals surface area (Å²) in [7, 11) is 0. The predicted octanol–water partition coefficient (Wildman–Crippen LogP) is 2.64. The van der Waals surface area contributed by atoms with Gasteiger partial charge in [0.25, 0.3) is 0 Å². The first-order chi connectivity index (χ1) is 6.99. The maximum atomic E-state index is 10.5. The number of aliphatic carboxylic acids is 1. The summed E-state index contributed by atoms with van der Waals surface area (Å²) in [5.74, 6) is 0.0129. The Morgan fingerprint density at radius 2 is 1.93 bits per heavy atom. The summed E-state index contributed by atoms with van der Waals surface area (Å²) in [6, 6.07) is -0.209. The Kier molecular flexibility index (Phi) is 7.39. The van der Waals surface area contributed by atoms with Crippen LogP contribution >= 0.6 is 0 Å². The fraction of sp³-hybridized carbons (Fsp3) is 0.917. The van der Waals surface area contributed by atoms with E-state index in [9.17, 15) is 4.79 Å². The highest BCUT2D eigenvalue weighted by atomic mass is 16.4. The fourth-order valence-corrected chi connectivity index (χ4v) is 1.79. The van der Waals surface area contributed by atoms with E-state index >= 15 is 0 Å². The Balaban J connectivity index is 3.84. The minimum absolute atomic E-state index is 0.0826. The molecule has 0 aliphatic heterocycles. The van der Waals surface area contributed by atoms with Crippen molar-refractivity contribution in [2.24, 2.45) is 17.6 Å². The standard InChI is InChI=1S/C12H25NO2/c1-4-5-6-7-9(2)10(3)11(13)8-12(14)15/h9-11H,4-8,13H2,1-3H3,(H,14,15)/t9-,10+,11+/m0/s1. The van der Waals surface area contributed by atoms with E-state index < -0.39 is 5.97 Å². The topological polar surface area (TPSA) is 63.3 Å². The Labute approximate surface area is 93.0 Å². The van der Waals surface area contributed by atoms with Gasteiger partial charge in [0, 0.05) is 6.04 Å². The smallest absolute Gasteiger partial charge is 0.304 e. The number of rotatable bonds is 8. The summed E-state index contributed by atoms with van der Waals surface area (Å²) in [5, 5.41) is 8.65.